The van der Waals surface area contributed by atoms with Gasteiger partial charge in [0.1, 0.15) is 0 Å². The lowest BCUT2D eigenvalue weighted by Gasteiger charge is -2.16. The molecule has 0 amide bonds. The molecule has 0 saturated carbocycles. The molecule has 2 aromatic rings. The van der Waals surface area contributed by atoms with Gasteiger partial charge in [-0.3, -0.25) is 9.36 Å². The molecule has 0 bridgehead atoms. The van der Waals surface area contributed by atoms with Crippen LogP contribution in [0.5, 0.6) is 0 Å². The van der Waals surface area contributed by atoms with Crippen molar-refractivity contribution in [2.24, 2.45) is 0 Å². The van der Waals surface area contributed by atoms with Gasteiger partial charge < -0.3 is 0 Å². The highest BCUT2D eigenvalue weighted by atomic mass is 16.1. The van der Waals surface area contributed by atoms with Crippen LogP contribution in [0.2, 0.25) is 0 Å². The van der Waals surface area contributed by atoms with E-state index < -0.39 is 0 Å². The molecule has 0 aliphatic carbocycles. The maximum atomic E-state index is 12.9. The Balaban J connectivity index is 2.08. The van der Waals surface area contributed by atoms with Gasteiger partial charge in [-0.05, 0) is 49.7 Å². The number of benzene rings is 2. The van der Waals surface area contributed by atoms with Gasteiger partial charge in [-0.2, -0.15) is 4.68 Å². The summed E-state index contributed by atoms with van der Waals surface area (Å²) in [7, 11) is 0. The number of fused-ring (bicyclic) bond motifs is 1. The fourth-order valence-corrected chi connectivity index (χ4v) is 3.16. The molecule has 0 spiro atoms. The Labute approximate surface area is 140 Å². The quantitative estimate of drug-likeness (QED) is 0.565. The number of hydrogen-bond donors (Lipinski definition) is 0. The molecule has 0 saturated heterocycles. The largest absolute Gasteiger partial charge is 0.297 e. The third-order valence-electron chi connectivity index (χ3n) is 4.22. The van der Waals surface area contributed by atoms with Crippen molar-refractivity contribution in [2.45, 2.75) is 13.8 Å². The van der Waals surface area contributed by atoms with Crippen molar-refractivity contribution >= 4 is 0 Å². The molecule has 2 heterocycles. The predicted molar refractivity (Wildman–Crippen MR) is 95.3 cm³/mol. The Hall–Kier alpha value is -3.14. The van der Waals surface area contributed by atoms with Crippen LogP contribution in [0.4, 0.5) is 0 Å². The van der Waals surface area contributed by atoms with E-state index in [1.807, 2.05) is 85.1 Å². The van der Waals surface area contributed by atoms with E-state index >= 15 is 0 Å². The number of aryl methyl sites for hydroxylation is 2. The first kappa shape index (κ1) is 14.5. The average Bonchev–Trinajstić information content (AvgIpc) is 2.94. The Morgan fingerprint density at radius 3 is 2.04 bits per heavy atom. The minimum Gasteiger partial charge on any atom is -0.297 e. The Kier molecular flexibility index (Phi) is 3.31. The molecule has 0 radical (unpaired) electrons. The molecule has 0 fully saturated rings. The topological polar surface area (TPSA) is 39.8 Å². The van der Waals surface area contributed by atoms with Crippen LogP contribution in [-0.4, -0.2) is 14.3 Å². The number of rotatable bonds is 2. The Morgan fingerprint density at radius 2 is 1.42 bits per heavy atom. The van der Waals surface area contributed by atoms with Crippen LogP contribution >= 0.6 is 0 Å². The molecule has 2 aliphatic heterocycles. The summed E-state index contributed by atoms with van der Waals surface area (Å²) in [5, 5.41) is 4.65. The molecule has 2 aliphatic rings. The fraction of sp³-hybridized carbons (Fsp3) is 0.100. The van der Waals surface area contributed by atoms with E-state index in [2.05, 4.69) is 5.10 Å². The van der Waals surface area contributed by atoms with Gasteiger partial charge in [0.2, 0.25) is 0 Å². The molecular weight excluding hydrogens is 298 g/mol. The number of nitrogens with zero attached hydrogens (tertiary/aromatic N) is 3. The van der Waals surface area contributed by atoms with E-state index in [-0.39, 0.29) is 5.56 Å². The highest BCUT2D eigenvalue weighted by Crippen LogP contribution is 2.27. The number of hydrogen-bond acceptors (Lipinski definition) is 2. The minimum absolute atomic E-state index is 0.0848. The molecule has 0 N–H and O–H groups in total. The zero-order valence-corrected chi connectivity index (χ0v) is 13.6. The summed E-state index contributed by atoms with van der Waals surface area (Å²) in [6, 6.07) is 21.6. The second-order valence-electron chi connectivity index (χ2n) is 5.89. The first-order valence-corrected chi connectivity index (χ1v) is 7.89. The molecule has 4 rings (SSSR count). The monoisotopic (exact) mass is 315 g/mol. The molecule has 24 heavy (non-hydrogen) atoms. The van der Waals surface area contributed by atoms with Gasteiger partial charge in [0.05, 0.1) is 11.3 Å². The van der Waals surface area contributed by atoms with Crippen molar-refractivity contribution in [1.29, 1.82) is 0 Å². The van der Waals surface area contributed by atoms with Crippen molar-refractivity contribution in [3.63, 3.8) is 0 Å². The van der Waals surface area contributed by atoms with Crippen LogP contribution in [0.3, 0.4) is 0 Å². The molecule has 118 valence electrons. The molecule has 0 unspecified atom stereocenters. The zero-order chi connectivity index (χ0) is 16.7. The molecule has 0 aromatic heterocycles. The van der Waals surface area contributed by atoms with Crippen LogP contribution in [0.1, 0.15) is 11.3 Å². The molecular formula is C20H17N3O. The van der Waals surface area contributed by atoms with Crippen molar-refractivity contribution in [3.05, 3.63) is 88.3 Å². The summed E-state index contributed by atoms with van der Waals surface area (Å²) in [4.78, 5) is 12.9. The highest BCUT2D eigenvalue weighted by Gasteiger charge is 2.23. The predicted octanol–water partition coefficient (Wildman–Crippen LogP) is 3.74. The third-order valence-corrected chi connectivity index (χ3v) is 4.22. The molecule has 2 aromatic carbocycles. The van der Waals surface area contributed by atoms with Crippen LogP contribution in [0.25, 0.3) is 22.8 Å². The first-order chi connectivity index (χ1) is 11.7. The summed E-state index contributed by atoms with van der Waals surface area (Å²) >= 11 is 0. The van der Waals surface area contributed by atoms with E-state index in [4.69, 9.17) is 0 Å². The molecule has 4 nitrogen and oxygen atoms in total. The van der Waals surface area contributed by atoms with Gasteiger partial charge in [-0.1, -0.05) is 36.4 Å². The summed E-state index contributed by atoms with van der Waals surface area (Å²) < 4.78 is 3.51. The van der Waals surface area contributed by atoms with Crippen molar-refractivity contribution in [2.75, 3.05) is 0 Å². The summed E-state index contributed by atoms with van der Waals surface area (Å²) in [6.45, 7) is 3.99. The van der Waals surface area contributed by atoms with Gasteiger partial charge in [-0.25, -0.2) is 0 Å². The normalized spacial score (nSPS) is 11.1. The van der Waals surface area contributed by atoms with Gasteiger partial charge in [0, 0.05) is 11.4 Å². The second-order valence-corrected chi connectivity index (χ2v) is 5.89. The summed E-state index contributed by atoms with van der Waals surface area (Å²) in [5.41, 5.74) is 4.34. The van der Waals surface area contributed by atoms with Crippen molar-refractivity contribution < 1.29 is 0 Å². The van der Waals surface area contributed by atoms with E-state index in [0.717, 1.165) is 22.6 Å². The first-order valence-electron chi connectivity index (χ1n) is 7.89. The lowest BCUT2D eigenvalue weighted by Crippen LogP contribution is -2.15. The zero-order valence-electron chi connectivity index (χ0n) is 13.6. The smallest absolute Gasteiger partial charge is 0.282 e. The third kappa shape index (κ3) is 2.15. The Morgan fingerprint density at radius 1 is 0.833 bits per heavy atom. The fourth-order valence-electron chi connectivity index (χ4n) is 3.16. The van der Waals surface area contributed by atoms with Crippen LogP contribution in [0.15, 0.2) is 71.5 Å². The van der Waals surface area contributed by atoms with Gasteiger partial charge in [0.25, 0.3) is 5.56 Å². The summed E-state index contributed by atoms with van der Waals surface area (Å²) in [5.74, 6) is 0.688. The maximum Gasteiger partial charge on any atom is 0.282 e. The second kappa shape index (κ2) is 5.49. The van der Waals surface area contributed by atoms with E-state index in [1.165, 1.54) is 4.68 Å². The SMILES string of the molecule is Cc1cc(C)n(-c2ccccc2)c2nn(-c3ccccc3)c(=O)c1-2. The molecule has 0 atom stereocenters. The minimum atomic E-state index is -0.0848. The standard InChI is InChI=1S/C20H17N3O/c1-14-13-15(2)22(16-9-5-3-6-10-16)19-18(14)20(24)23(21-19)17-11-7-4-8-12-17/h3-13H,1-2H3. The van der Waals surface area contributed by atoms with E-state index in [9.17, 15) is 4.79 Å². The van der Waals surface area contributed by atoms with Gasteiger partial charge in [0.15, 0.2) is 5.82 Å². The van der Waals surface area contributed by atoms with Gasteiger partial charge >= 0.3 is 0 Å². The number of para-hydroxylation sites is 2. The molecule has 4 heteroatoms. The van der Waals surface area contributed by atoms with E-state index in [0.29, 0.717) is 11.4 Å². The van der Waals surface area contributed by atoms with Gasteiger partial charge in [-0.15, -0.1) is 5.10 Å². The Bertz CT molecular complexity index is 1030. The van der Waals surface area contributed by atoms with E-state index in [1.54, 1.807) is 0 Å². The average molecular weight is 315 g/mol. The number of aromatic nitrogens is 3. The van der Waals surface area contributed by atoms with Crippen LogP contribution in [-0.2, 0) is 0 Å². The maximum absolute atomic E-state index is 12.9. The van der Waals surface area contributed by atoms with Crippen molar-refractivity contribution in [1.82, 2.24) is 14.3 Å². The summed E-state index contributed by atoms with van der Waals surface area (Å²) in [6.07, 6.45) is 0. The van der Waals surface area contributed by atoms with Crippen molar-refractivity contribution in [3.8, 4) is 22.8 Å². The lowest BCUT2D eigenvalue weighted by atomic mass is 10.1. The number of pyridine rings is 1. The van der Waals surface area contributed by atoms with Crippen LogP contribution in [0, 0.1) is 13.8 Å². The lowest BCUT2D eigenvalue weighted by molar-refractivity contribution is 0.830. The van der Waals surface area contributed by atoms with Crippen LogP contribution < -0.4 is 5.56 Å². The highest BCUT2D eigenvalue weighted by molar-refractivity contribution is 5.65.